The van der Waals surface area contributed by atoms with E-state index in [-0.39, 0.29) is 5.91 Å². The molecule has 138 valence electrons. The summed E-state index contributed by atoms with van der Waals surface area (Å²) in [6.07, 6.45) is 6.61. The molecule has 0 saturated carbocycles. The number of ether oxygens (including phenoxy) is 2. The van der Waals surface area contributed by atoms with Crippen LogP contribution in [0.1, 0.15) is 37.3 Å². The highest BCUT2D eigenvalue weighted by molar-refractivity contribution is 6.02. The summed E-state index contributed by atoms with van der Waals surface area (Å²) in [4.78, 5) is 12.1. The zero-order valence-corrected chi connectivity index (χ0v) is 15.7. The first-order chi connectivity index (χ1) is 12.6. The minimum Gasteiger partial charge on any atom is -0.493 e. The molecule has 0 aromatic heterocycles. The molecule has 4 heteroatoms. The third kappa shape index (κ3) is 6.28. The van der Waals surface area contributed by atoms with Gasteiger partial charge in [0.25, 0.3) is 0 Å². The first kappa shape index (κ1) is 19.6. The van der Waals surface area contributed by atoms with Gasteiger partial charge < -0.3 is 14.8 Å². The lowest BCUT2D eigenvalue weighted by Crippen LogP contribution is -2.07. The second-order valence-electron chi connectivity index (χ2n) is 6.16. The van der Waals surface area contributed by atoms with Gasteiger partial charge in [0.2, 0.25) is 5.91 Å². The van der Waals surface area contributed by atoms with Crippen molar-refractivity contribution >= 4 is 17.7 Å². The minimum absolute atomic E-state index is 0.172. The Bertz CT molecular complexity index is 753. The van der Waals surface area contributed by atoms with Gasteiger partial charge in [-0.15, -0.1) is 0 Å². The number of aryl methyl sites for hydroxylation is 1. The van der Waals surface area contributed by atoms with Crippen molar-refractivity contribution in [3.05, 3.63) is 59.7 Å². The quantitative estimate of drug-likeness (QED) is 0.496. The maximum Gasteiger partial charge on any atom is 0.248 e. The largest absolute Gasteiger partial charge is 0.493 e. The molecule has 1 N–H and O–H groups in total. The number of carbonyl (C=O) groups excluding carboxylic acids is 1. The topological polar surface area (TPSA) is 47.6 Å². The SMILES string of the molecule is CCCCCOc1ccc(/C=C/C(=O)Nc2cccc(C)c2)cc1OC. The molecule has 0 atom stereocenters. The van der Waals surface area contributed by atoms with Crippen molar-refractivity contribution in [3.8, 4) is 11.5 Å². The third-order valence-corrected chi connectivity index (χ3v) is 3.91. The van der Waals surface area contributed by atoms with Crippen molar-refractivity contribution < 1.29 is 14.3 Å². The molecule has 0 aliphatic rings. The number of rotatable bonds is 9. The molecule has 0 unspecified atom stereocenters. The minimum atomic E-state index is -0.172. The number of unbranched alkanes of at least 4 members (excludes halogenated alkanes) is 2. The Hall–Kier alpha value is -2.75. The van der Waals surface area contributed by atoms with Gasteiger partial charge >= 0.3 is 0 Å². The summed E-state index contributed by atoms with van der Waals surface area (Å²) >= 11 is 0. The molecule has 0 radical (unpaired) electrons. The van der Waals surface area contributed by atoms with Gasteiger partial charge in [-0.05, 0) is 54.8 Å². The van der Waals surface area contributed by atoms with Crippen molar-refractivity contribution in [2.75, 3.05) is 19.0 Å². The van der Waals surface area contributed by atoms with Crippen LogP contribution in [0.15, 0.2) is 48.5 Å². The molecule has 0 saturated heterocycles. The Morgan fingerprint density at radius 3 is 2.69 bits per heavy atom. The average molecular weight is 353 g/mol. The number of methoxy groups -OCH3 is 1. The maximum atomic E-state index is 12.1. The van der Waals surface area contributed by atoms with E-state index < -0.39 is 0 Å². The number of anilines is 1. The zero-order chi connectivity index (χ0) is 18.8. The predicted molar refractivity (Wildman–Crippen MR) is 107 cm³/mol. The van der Waals surface area contributed by atoms with Gasteiger partial charge in [-0.25, -0.2) is 0 Å². The highest BCUT2D eigenvalue weighted by Gasteiger charge is 2.05. The van der Waals surface area contributed by atoms with Crippen molar-refractivity contribution in [2.45, 2.75) is 33.1 Å². The zero-order valence-electron chi connectivity index (χ0n) is 15.7. The number of amides is 1. The van der Waals surface area contributed by atoms with E-state index >= 15 is 0 Å². The van der Waals surface area contributed by atoms with Crippen molar-refractivity contribution in [1.29, 1.82) is 0 Å². The molecular formula is C22H27NO3. The molecule has 0 aliphatic heterocycles. The van der Waals surface area contributed by atoms with Crippen LogP contribution >= 0.6 is 0 Å². The van der Waals surface area contributed by atoms with Gasteiger partial charge in [0, 0.05) is 11.8 Å². The molecule has 0 fully saturated rings. The lowest BCUT2D eigenvalue weighted by Gasteiger charge is -2.11. The van der Waals surface area contributed by atoms with Gasteiger partial charge in [-0.1, -0.05) is 38.0 Å². The van der Waals surface area contributed by atoms with Gasteiger partial charge in [0.1, 0.15) is 0 Å². The third-order valence-electron chi connectivity index (χ3n) is 3.91. The summed E-state index contributed by atoms with van der Waals surface area (Å²) in [5, 5.41) is 2.85. The Labute approximate surface area is 155 Å². The smallest absolute Gasteiger partial charge is 0.248 e. The van der Waals surface area contributed by atoms with Crippen LogP contribution < -0.4 is 14.8 Å². The molecule has 1 amide bonds. The van der Waals surface area contributed by atoms with Crippen LogP contribution in [0, 0.1) is 6.92 Å². The fraction of sp³-hybridized carbons (Fsp3) is 0.318. The van der Waals surface area contributed by atoms with Gasteiger partial charge in [-0.2, -0.15) is 0 Å². The normalized spacial score (nSPS) is 10.7. The van der Waals surface area contributed by atoms with Crippen LogP contribution in [0.5, 0.6) is 11.5 Å². The molecular weight excluding hydrogens is 326 g/mol. The van der Waals surface area contributed by atoms with E-state index in [4.69, 9.17) is 9.47 Å². The van der Waals surface area contributed by atoms with E-state index in [1.54, 1.807) is 13.2 Å². The molecule has 2 aromatic rings. The van der Waals surface area contributed by atoms with E-state index in [9.17, 15) is 4.79 Å². The molecule has 0 bridgehead atoms. The van der Waals surface area contributed by atoms with Crippen LogP contribution in [-0.2, 0) is 4.79 Å². The molecule has 0 spiro atoms. The van der Waals surface area contributed by atoms with Gasteiger partial charge in [-0.3, -0.25) is 4.79 Å². The maximum absolute atomic E-state index is 12.1. The van der Waals surface area contributed by atoms with Gasteiger partial charge in [0.05, 0.1) is 13.7 Å². The van der Waals surface area contributed by atoms with Crippen molar-refractivity contribution in [1.82, 2.24) is 0 Å². The van der Waals surface area contributed by atoms with Gasteiger partial charge in [0.15, 0.2) is 11.5 Å². The summed E-state index contributed by atoms with van der Waals surface area (Å²) in [5.41, 5.74) is 2.77. The number of hydrogen-bond donors (Lipinski definition) is 1. The lowest BCUT2D eigenvalue weighted by molar-refractivity contribution is -0.111. The predicted octanol–water partition coefficient (Wildman–Crippen LogP) is 5.22. The van der Waals surface area contributed by atoms with E-state index in [1.165, 1.54) is 6.08 Å². The monoisotopic (exact) mass is 353 g/mol. The summed E-state index contributed by atoms with van der Waals surface area (Å²) in [5.74, 6) is 1.22. The van der Waals surface area contributed by atoms with Crippen molar-refractivity contribution in [2.24, 2.45) is 0 Å². The standard InChI is InChI=1S/C22H27NO3/c1-4-5-6-14-26-20-12-10-18(16-21(20)25-3)11-13-22(24)23-19-9-7-8-17(2)15-19/h7-13,15-16H,4-6,14H2,1-3H3,(H,23,24)/b13-11+. The molecule has 2 aromatic carbocycles. The van der Waals surface area contributed by atoms with E-state index in [2.05, 4.69) is 12.2 Å². The van der Waals surface area contributed by atoms with E-state index in [1.807, 2.05) is 49.4 Å². The summed E-state index contributed by atoms with van der Waals surface area (Å²) in [6.45, 7) is 4.83. The molecule has 2 rings (SSSR count). The second-order valence-corrected chi connectivity index (χ2v) is 6.16. The lowest BCUT2D eigenvalue weighted by atomic mass is 10.2. The Morgan fingerprint density at radius 2 is 1.96 bits per heavy atom. The highest BCUT2D eigenvalue weighted by atomic mass is 16.5. The Kier molecular flexibility index (Phi) is 7.75. The van der Waals surface area contributed by atoms with Crippen LogP contribution in [0.3, 0.4) is 0 Å². The number of hydrogen-bond acceptors (Lipinski definition) is 3. The van der Waals surface area contributed by atoms with E-state index in [0.29, 0.717) is 12.4 Å². The Balaban J connectivity index is 1.97. The number of benzene rings is 2. The second kappa shape index (κ2) is 10.3. The summed E-state index contributed by atoms with van der Waals surface area (Å²) < 4.78 is 11.2. The summed E-state index contributed by atoms with van der Waals surface area (Å²) in [6, 6.07) is 13.4. The first-order valence-electron chi connectivity index (χ1n) is 8.99. The number of nitrogens with one attached hydrogen (secondary N) is 1. The van der Waals surface area contributed by atoms with E-state index in [0.717, 1.165) is 41.8 Å². The van der Waals surface area contributed by atoms with Crippen LogP contribution in [0.2, 0.25) is 0 Å². The number of carbonyl (C=O) groups is 1. The molecule has 0 aliphatic carbocycles. The fourth-order valence-corrected chi connectivity index (χ4v) is 2.52. The molecule has 4 nitrogen and oxygen atoms in total. The molecule has 0 heterocycles. The first-order valence-corrected chi connectivity index (χ1v) is 8.99. The van der Waals surface area contributed by atoms with Crippen LogP contribution in [0.25, 0.3) is 6.08 Å². The van der Waals surface area contributed by atoms with Crippen LogP contribution in [0.4, 0.5) is 5.69 Å². The fourth-order valence-electron chi connectivity index (χ4n) is 2.52. The van der Waals surface area contributed by atoms with Crippen LogP contribution in [-0.4, -0.2) is 19.6 Å². The molecule has 26 heavy (non-hydrogen) atoms. The Morgan fingerprint density at radius 1 is 1.12 bits per heavy atom. The van der Waals surface area contributed by atoms with Crippen molar-refractivity contribution in [3.63, 3.8) is 0 Å². The average Bonchev–Trinajstić information content (AvgIpc) is 2.64. The highest BCUT2D eigenvalue weighted by Crippen LogP contribution is 2.28. The summed E-state index contributed by atoms with van der Waals surface area (Å²) in [7, 11) is 1.62.